The topological polar surface area (TPSA) is 156 Å². The van der Waals surface area contributed by atoms with Gasteiger partial charge in [0.1, 0.15) is 0 Å². The molecule has 11 nitrogen and oxygen atoms in total. The van der Waals surface area contributed by atoms with Crippen LogP contribution in [0.2, 0.25) is 0 Å². The van der Waals surface area contributed by atoms with Gasteiger partial charge in [0, 0.05) is 56.4 Å². The first-order valence-corrected chi connectivity index (χ1v) is 20.6. The van der Waals surface area contributed by atoms with E-state index in [1.165, 1.54) is 101 Å². The van der Waals surface area contributed by atoms with Crippen LogP contribution >= 0.6 is 12.2 Å². The molecule has 0 unspecified atom stereocenters. The Balaban J connectivity index is 0.000000597. The summed E-state index contributed by atoms with van der Waals surface area (Å²) < 4.78 is 58.9. The monoisotopic (exact) mass is 847 g/mol. The van der Waals surface area contributed by atoms with Crippen LogP contribution in [0, 0.1) is 0 Å². The number of halogens is 3. The number of nitrogens with zero attached hydrogens (tertiary/aromatic N) is 5. The average Bonchev–Trinajstić information content (AvgIpc) is 3.92. The molecule has 55 heavy (non-hydrogen) atoms. The zero-order valence-electron chi connectivity index (χ0n) is 30.9. The van der Waals surface area contributed by atoms with Gasteiger partial charge in [-0.05, 0) is 75.0 Å². The molecule has 0 aromatic carbocycles. The molecule has 302 valence electrons. The van der Waals surface area contributed by atoms with Gasteiger partial charge in [-0.1, -0.05) is 70.0 Å². The Hall–Kier alpha value is -3.18. The van der Waals surface area contributed by atoms with E-state index in [9.17, 15) is 13.2 Å². The Labute approximate surface area is 339 Å². The van der Waals surface area contributed by atoms with Gasteiger partial charge < -0.3 is 25.9 Å². The summed E-state index contributed by atoms with van der Waals surface area (Å²) >= 11 is 3.70. The van der Waals surface area contributed by atoms with Crippen molar-refractivity contribution < 1.29 is 42.9 Å². The molecule has 0 radical (unpaired) electrons. The maximum absolute atomic E-state index is 10.7. The first-order valence-electron chi connectivity index (χ1n) is 18.8. The van der Waals surface area contributed by atoms with Crippen molar-refractivity contribution in [1.29, 1.82) is 0 Å². The molecule has 17 heteroatoms. The zero-order valence-corrected chi connectivity index (χ0v) is 33.6. The van der Waals surface area contributed by atoms with Crippen LogP contribution in [0.25, 0.3) is 5.41 Å². The van der Waals surface area contributed by atoms with Gasteiger partial charge >= 0.3 is 22.3 Å². The van der Waals surface area contributed by atoms with Gasteiger partial charge in [-0.15, -0.1) is 0 Å². The standard InChI is InChI=1S/C36H51N7.CHF3O3S.CNS.Co/c1-4-10-28(11-5-1)37-22-31-16-19-34(40-31)25-43(26-35-20-17-32(41-35)23-38-29-12-6-2-7-13-29)27-36-21-18-33(42-36)24-39-30-14-8-3-9-15-30;2-1(3,4)8(5,6)7;2-1-3;/h16-24,28-30,37-39H,1-15,25-27H2;(H,5,6,7);;/q;;-1;+3/p-1/b31-22-,32-23+,33-24+;;;. The summed E-state index contributed by atoms with van der Waals surface area (Å²) in [5.74, 6) is 0. The predicted molar refractivity (Wildman–Crippen MR) is 212 cm³/mol. The minimum Gasteiger partial charge on any atom is -0.753 e. The van der Waals surface area contributed by atoms with Crippen molar-refractivity contribution in [3.63, 3.8) is 0 Å². The molecule has 3 saturated carbocycles. The quantitative estimate of drug-likeness (QED) is 0.0799. The Kier molecular flexibility index (Phi) is 20.0. The summed E-state index contributed by atoms with van der Waals surface area (Å²) in [6, 6.07) is 1.78. The number of allylic oxidation sites excluding steroid dienone is 3. The summed E-state index contributed by atoms with van der Waals surface area (Å²) in [6.07, 6.45) is 39.0. The van der Waals surface area contributed by atoms with Crippen molar-refractivity contribution >= 4 is 44.6 Å². The smallest absolute Gasteiger partial charge is 0.753 e. The van der Waals surface area contributed by atoms with E-state index in [2.05, 4.69) is 88.1 Å². The number of rotatable bonds is 12. The summed E-state index contributed by atoms with van der Waals surface area (Å²) in [7, 11) is -6.09. The maximum atomic E-state index is 10.7. The van der Waals surface area contributed by atoms with E-state index in [4.69, 9.17) is 33.4 Å². The molecule has 3 aliphatic carbocycles. The molecule has 0 bridgehead atoms. The van der Waals surface area contributed by atoms with Crippen molar-refractivity contribution in [3.05, 3.63) is 77.6 Å². The number of aliphatic imine (C=N–C) groups is 3. The molecular formula is C38H51CoF3N8O3S2+. The summed E-state index contributed by atoms with van der Waals surface area (Å²) in [6.45, 7) is 2.28. The van der Waals surface area contributed by atoms with E-state index in [1.54, 1.807) is 0 Å². The Morgan fingerprint density at radius 3 is 1.16 bits per heavy atom. The third-order valence-corrected chi connectivity index (χ3v) is 10.4. The largest absolute Gasteiger partial charge is 3.00 e. The van der Waals surface area contributed by atoms with Crippen LogP contribution in [0.3, 0.4) is 0 Å². The second kappa shape index (κ2) is 23.8. The van der Waals surface area contributed by atoms with Crippen LogP contribution in [-0.2, 0) is 26.9 Å². The summed E-state index contributed by atoms with van der Waals surface area (Å²) in [4.78, 5) is 17.3. The number of hydrogen-bond acceptors (Lipinski definition) is 11. The van der Waals surface area contributed by atoms with Crippen molar-refractivity contribution in [3.8, 4) is 0 Å². The molecule has 3 fully saturated rings. The summed E-state index contributed by atoms with van der Waals surface area (Å²) in [5, 5.41) is 19.3. The predicted octanol–water partition coefficient (Wildman–Crippen LogP) is 7.32. The zero-order chi connectivity index (χ0) is 38.8. The molecule has 3 aliphatic heterocycles. The molecular weight excluding hydrogens is 797 g/mol. The van der Waals surface area contributed by atoms with Crippen LogP contribution in [0.1, 0.15) is 96.3 Å². The number of nitrogens with one attached hydrogen (secondary N) is 3. The fourth-order valence-corrected chi connectivity index (χ4v) is 7.04. The van der Waals surface area contributed by atoms with Crippen LogP contribution in [-0.4, -0.2) is 83.4 Å². The first-order chi connectivity index (χ1) is 25.9. The number of isothiocyanates is 1. The fraction of sp³-hybridized carbons (Fsp3) is 0.579. The third-order valence-electron chi connectivity index (χ3n) is 9.81. The molecule has 0 aromatic rings. The molecule has 0 aromatic heterocycles. The number of hydrogen-bond donors (Lipinski definition) is 3. The van der Waals surface area contributed by atoms with Gasteiger partial charge in [-0.2, -0.15) is 18.3 Å². The van der Waals surface area contributed by atoms with Crippen LogP contribution in [0.4, 0.5) is 13.2 Å². The van der Waals surface area contributed by atoms with Crippen molar-refractivity contribution in [2.75, 3.05) is 19.6 Å². The van der Waals surface area contributed by atoms with Gasteiger partial charge in [0.15, 0.2) is 10.1 Å². The molecule has 6 rings (SSSR count). The Morgan fingerprint density at radius 2 is 0.927 bits per heavy atom. The van der Waals surface area contributed by atoms with Crippen molar-refractivity contribution in [2.24, 2.45) is 15.0 Å². The van der Waals surface area contributed by atoms with E-state index in [0.717, 1.165) is 53.9 Å². The minimum absolute atomic E-state index is 0. The fourth-order valence-electron chi connectivity index (χ4n) is 7.04. The van der Waals surface area contributed by atoms with Crippen molar-refractivity contribution in [2.45, 2.75) is 120 Å². The van der Waals surface area contributed by atoms with Gasteiger partial charge in [-0.25, -0.2) is 8.42 Å². The Bertz CT molecular complexity index is 1530. The van der Waals surface area contributed by atoms with Crippen molar-refractivity contribution in [1.82, 2.24) is 20.9 Å². The van der Waals surface area contributed by atoms with Crippen LogP contribution in [0.15, 0.2) is 87.1 Å². The minimum atomic E-state index is -6.09. The SMILES string of the molecule is C1=C/C(=C/NC2CCCCC2)N=C1CN(CC1=N/C(=C/NC2CCCCC2)C=C1)CC1=N/C(=C/NC2CCCCC2)C=C1.O=S(=O)([O-])C(F)(F)F.[Co+3].[N-]=C=S. The number of alkyl halides is 3. The van der Waals surface area contributed by atoms with Crippen LogP contribution in [0.5, 0.6) is 0 Å². The average molecular weight is 848 g/mol. The molecule has 0 amide bonds. The molecule has 3 heterocycles. The van der Waals surface area contributed by atoms with E-state index in [-0.39, 0.29) is 16.8 Å². The molecule has 0 saturated heterocycles. The van der Waals surface area contributed by atoms with E-state index < -0.39 is 15.6 Å². The van der Waals surface area contributed by atoms with E-state index >= 15 is 0 Å². The molecule has 6 aliphatic rings. The summed E-state index contributed by atoms with van der Waals surface area (Å²) in [5.41, 5.74) is 0.690. The van der Waals surface area contributed by atoms with E-state index in [0.29, 0.717) is 18.1 Å². The second-order valence-corrected chi connectivity index (χ2v) is 15.7. The van der Waals surface area contributed by atoms with Gasteiger partial charge in [0.2, 0.25) is 0 Å². The first kappa shape index (κ1) is 46.2. The van der Waals surface area contributed by atoms with Gasteiger partial charge in [0.25, 0.3) is 0 Å². The molecule has 3 N–H and O–H groups in total. The normalized spacial score (nSPS) is 22.6. The van der Waals surface area contributed by atoms with Gasteiger partial charge in [-0.3, -0.25) is 19.9 Å². The number of thiocarbonyl (C=S) groups is 1. The third kappa shape index (κ3) is 17.2. The van der Waals surface area contributed by atoms with E-state index in [1.807, 2.05) is 0 Å². The maximum Gasteiger partial charge on any atom is 3.00 e. The Morgan fingerprint density at radius 1 is 0.673 bits per heavy atom. The molecule has 0 spiro atoms. The van der Waals surface area contributed by atoms with Crippen LogP contribution < -0.4 is 16.0 Å². The molecule has 0 atom stereocenters. The second-order valence-electron chi connectivity index (χ2n) is 14.2. The van der Waals surface area contributed by atoms with Gasteiger partial charge in [0.05, 0.1) is 34.2 Å².